The van der Waals surface area contributed by atoms with Gasteiger partial charge < -0.3 is 10.6 Å². The van der Waals surface area contributed by atoms with Gasteiger partial charge in [-0.1, -0.05) is 53.7 Å². The summed E-state index contributed by atoms with van der Waals surface area (Å²) in [5.41, 5.74) is 2.31. The van der Waals surface area contributed by atoms with Crippen LogP contribution in [0.15, 0.2) is 72.9 Å². The Morgan fingerprint density at radius 3 is 2.36 bits per heavy atom. The third-order valence-electron chi connectivity index (χ3n) is 3.90. The topological polar surface area (TPSA) is 88.9 Å². The van der Waals surface area contributed by atoms with Gasteiger partial charge in [0.25, 0.3) is 5.91 Å². The number of amides is 2. The van der Waals surface area contributed by atoms with Gasteiger partial charge in [0.1, 0.15) is 5.69 Å². The molecule has 0 aliphatic rings. The van der Waals surface area contributed by atoms with Gasteiger partial charge in [-0.05, 0) is 23.8 Å². The van der Waals surface area contributed by atoms with Gasteiger partial charge in [-0.15, -0.1) is 5.10 Å². The van der Waals surface area contributed by atoms with E-state index in [1.165, 1.54) is 6.08 Å². The Morgan fingerprint density at radius 1 is 0.929 bits per heavy atom. The number of nitrogens with zero attached hydrogens (tertiary/aromatic N) is 3. The quantitative estimate of drug-likeness (QED) is 0.465. The van der Waals surface area contributed by atoms with E-state index in [-0.39, 0.29) is 11.8 Å². The Morgan fingerprint density at radius 2 is 1.61 bits per heavy atom. The van der Waals surface area contributed by atoms with Crippen molar-refractivity contribution in [2.24, 2.45) is 0 Å². The molecular formula is C21H21N5O2. The largest absolute Gasteiger partial charge is 0.351 e. The van der Waals surface area contributed by atoms with E-state index in [9.17, 15) is 9.59 Å². The smallest absolute Gasteiger partial charge is 0.251 e. The molecule has 2 aromatic carbocycles. The van der Waals surface area contributed by atoms with E-state index in [0.717, 1.165) is 5.56 Å². The van der Waals surface area contributed by atoms with Crippen LogP contribution >= 0.6 is 0 Å². The number of aromatic nitrogens is 3. The predicted molar refractivity (Wildman–Crippen MR) is 106 cm³/mol. The van der Waals surface area contributed by atoms with Crippen molar-refractivity contribution in [3.63, 3.8) is 0 Å². The second-order valence-electron chi connectivity index (χ2n) is 6.07. The summed E-state index contributed by atoms with van der Waals surface area (Å²) in [6, 6.07) is 18.9. The number of hydrogen-bond donors (Lipinski definition) is 2. The van der Waals surface area contributed by atoms with Gasteiger partial charge in [0.15, 0.2) is 0 Å². The van der Waals surface area contributed by atoms with Crippen LogP contribution in [0, 0.1) is 0 Å². The van der Waals surface area contributed by atoms with Gasteiger partial charge in [0, 0.05) is 24.7 Å². The summed E-state index contributed by atoms with van der Waals surface area (Å²) in [6.45, 7) is 1.30. The molecule has 7 heteroatoms. The minimum atomic E-state index is -0.258. The summed E-state index contributed by atoms with van der Waals surface area (Å²) in [7, 11) is 0. The van der Waals surface area contributed by atoms with Crippen molar-refractivity contribution in [1.82, 2.24) is 25.6 Å². The molecule has 142 valence electrons. The van der Waals surface area contributed by atoms with E-state index in [1.54, 1.807) is 41.2 Å². The number of rotatable bonds is 8. The normalized spacial score (nSPS) is 10.7. The van der Waals surface area contributed by atoms with Crippen LogP contribution in [0.2, 0.25) is 0 Å². The number of carbonyl (C=O) groups excluding carboxylic acids is 2. The molecule has 0 saturated carbocycles. The first-order chi connectivity index (χ1) is 13.7. The number of benzene rings is 2. The van der Waals surface area contributed by atoms with Gasteiger partial charge in [-0.3, -0.25) is 9.59 Å². The van der Waals surface area contributed by atoms with Crippen molar-refractivity contribution in [1.29, 1.82) is 0 Å². The van der Waals surface area contributed by atoms with Crippen molar-refractivity contribution in [3.05, 3.63) is 89.8 Å². The summed E-state index contributed by atoms with van der Waals surface area (Å²) < 4.78 is 1.71. The van der Waals surface area contributed by atoms with Crippen molar-refractivity contribution < 1.29 is 9.59 Å². The molecule has 0 bridgehead atoms. The first-order valence-corrected chi connectivity index (χ1v) is 8.94. The fraction of sp³-hybridized carbons (Fsp3) is 0.143. The average molecular weight is 375 g/mol. The van der Waals surface area contributed by atoms with Crippen LogP contribution in [-0.2, 0) is 11.3 Å². The maximum absolute atomic E-state index is 11.9. The molecule has 3 aromatic rings. The molecule has 0 atom stereocenters. The molecule has 2 N–H and O–H groups in total. The van der Waals surface area contributed by atoms with E-state index in [1.807, 2.05) is 36.4 Å². The molecule has 0 radical (unpaired) electrons. The summed E-state index contributed by atoms with van der Waals surface area (Å²) in [6.07, 6.45) is 4.78. The van der Waals surface area contributed by atoms with Crippen molar-refractivity contribution in [2.45, 2.75) is 6.54 Å². The van der Waals surface area contributed by atoms with Gasteiger partial charge in [0.05, 0.1) is 12.7 Å². The lowest BCUT2D eigenvalue weighted by Gasteiger charge is -2.05. The molecular weight excluding hydrogens is 354 g/mol. The van der Waals surface area contributed by atoms with Gasteiger partial charge in [-0.25, -0.2) is 4.68 Å². The zero-order valence-electron chi connectivity index (χ0n) is 15.3. The third-order valence-corrected chi connectivity index (χ3v) is 3.90. The first kappa shape index (κ1) is 19.0. The second kappa shape index (κ2) is 9.82. The zero-order chi connectivity index (χ0) is 19.6. The van der Waals surface area contributed by atoms with Gasteiger partial charge >= 0.3 is 0 Å². The molecule has 0 spiro atoms. The molecule has 0 saturated heterocycles. The Bertz CT molecular complexity index is 936. The van der Waals surface area contributed by atoms with Crippen LogP contribution in [0.1, 0.15) is 21.6 Å². The number of carbonyl (C=O) groups is 2. The molecule has 2 amide bonds. The second-order valence-corrected chi connectivity index (χ2v) is 6.07. The minimum absolute atomic E-state index is 0.166. The van der Waals surface area contributed by atoms with Gasteiger partial charge in [0.2, 0.25) is 5.91 Å². The highest BCUT2D eigenvalue weighted by molar-refractivity contribution is 5.94. The number of nitrogens with one attached hydrogen (secondary N) is 2. The molecule has 0 aliphatic carbocycles. The molecule has 0 unspecified atom stereocenters. The van der Waals surface area contributed by atoms with Crippen LogP contribution < -0.4 is 10.6 Å². The monoisotopic (exact) mass is 375 g/mol. The number of hydrogen-bond acceptors (Lipinski definition) is 4. The molecule has 0 fully saturated rings. The summed E-state index contributed by atoms with van der Waals surface area (Å²) >= 11 is 0. The van der Waals surface area contributed by atoms with Crippen molar-refractivity contribution >= 4 is 17.9 Å². The Balaban J connectivity index is 1.39. The zero-order valence-corrected chi connectivity index (χ0v) is 15.3. The maximum Gasteiger partial charge on any atom is 0.251 e. The molecule has 1 aromatic heterocycles. The lowest BCUT2D eigenvalue weighted by atomic mass is 10.2. The van der Waals surface area contributed by atoms with E-state index in [2.05, 4.69) is 20.9 Å². The third kappa shape index (κ3) is 5.91. The molecule has 1 heterocycles. The van der Waals surface area contributed by atoms with Crippen LogP contribution in [0.3, 0.4) is 0 Å². The highest BCUT2D eigenvalue weighted by atomic mass is 16.2. The van der Waals surface area contributed by atoms with E-state index >= 15 is 0 Å². The molecule has 0 aliphatic heterocycles. The first-order valence-electron chi connectivity index (χ1n) is 8.94. The van der Waals surface area contributed by atoms with Crippen LogP contribution in [-0.4, -0.2) is 39.9 Å². The van der Waals surface area contributed by atoms with E-state index < -0.39 is 0 Å². The highest BCUT2D eigenvalue weighted by Gasteiger charge is 2.03. The van der Waals surface area contributed by atoms with Crippen LogP contribution in [0.4, 0.5) is 0 Å². The van der Waals surface area contributed by atoms with E-state index in [4.69, 9.17) is 0 Å². The average Bonchev–Trinajstić information content (AvgIpc) is 3.18. The van der Waals surface area contributed by atoms with E-state index in [0.29, 0.717) is 30.9 Å². The summed E-state index contributed by atoms with van der Waals surface area (Å²) in [4.78, 5) is 23.7. The van der Waals surface area contributed by atoms with Crippen LogP contribution in [0.5, 0.6) is 0 Å². The summed E-state index contributed by atoms with van der Waals surface area (Å²) in [5, 5.41) is 13.5. The van der Waals surface area contributed by atoms with Crippen molar-refractivity contribution in [3.8, 4) is 0 Å². The predicted octanol–water partition coefficient (Wildman–Crippen LogP) is 1.89. The highest BCUT2D eigenvalue weighted by Crippen LogP contribution is 2.03. The molecule has 28 heavy (non-hydrogen) atoms. The Kier molecular flexibility index (Phi) is 6.67. The maximum atomic E-state index is 11.9. The van der Waals surface area contributed by atoms with Crippen molar-refractivity contribution in [2.75, 3.05) is 13.1 Å². The lowest BCUT2D eigenvalue weighted by Crippen LogP contribution is -2.33. The fourth-order valence-corrected chi connectivity index (χ4v) is 2.51. The Labute approximate surface area is 163 Å². The SMILES string of the molecule is O=C(/C=C/c1cn(Cc2ccccc2)nn1)NCCNC(=O)c1ccccc1. The fourth-order valence-electron chi connectivity index (χ4n) is 2.51. The minimum Gasteiger partial charge on any atom is -0.351 e. The molecule has 3 rings (SSSR count). The standard InChI is InChI=1S/C21H21N5O2/c27-20(22-13-14-23-21(28)18-9-5-2-6-10-18)12-11-19-16-26(25-24-19)15-17-7-3-1-4-8-17/h1-12,16H,13-15H2,(H,22,27)(H,23,28)/b12-11+. The summed E-state index contributed by atoms with van der Waals surface area (Å²) in [5.74, 6) is -0.424. The lowest BCUT2D eigenvalue weighted by molar-refractivity contribution is -0.116. The Hall–Kier alpha value is -3.74. The van der Waals surface area contributed by atoms with Gasteiger partial charge in [-0.2, -0.15) is 0 Å². The molecule has 7 nitrogen and oxygen atoms in total. The van der Waals surface area contributed by atoms with Crippen LogP contribution in [0.25, 0.3) is 6.08 Å².